The van der Waals surface area contributed by atoms with Crippen LogP contribution in [0, 0.1) is 11.8 Å². The highest BCUT2D eigenvalue weighted by Crippen LogP contribution is 2.45. The number of fused-ring (bicyclic) bond motifs is 3. The van der Waals surface area contributed by atoms with Gasteiger partial charge in [-0.05, 0) is 44.1 Å². The molecule has 0 fully saturated rings. The number of Topliss-reactive ketones (excluding diaryl/α,β-unsaturated/α-hetero) is 2. The maximum absolute atomic E-state index is 12.5. The summed E-state index contributed by atoms with van der Waals surface area (Å²) < 4.78 is 6.28. The maximum Gasteiger partial charge on any atom is 0.233 e. The molecule has 3 aliphatic carbocycles. The highest BCUT2D eigenvalue weighted by molar-refractivity contribution is 6.51. The van der Waals surface area contributed by atoms with Crippen molar-refractivity contribution in [3.63, 3.8) is 0 Å². The van der Waals surface area contributed by atoms with Crippen molar-refractivity contribution in [2.24, 2.45) is 11.8 Å². The fourth-order valence-corrected chi connectivity index (χ4v) is 4.12. The lowest BCUT2D eigenvalue weighted by Gasteiger charge is -2.39. The van der Waals surface area contributed by atoms with Crippen LogP contribution in [0.25, 0.3) is 0 Å². The second-order valence-corrected chi connectivity index (χ2v) is 7.26. The van der Waals surface area contributed by atoms with Gasteiger partial charge in [0.1, 0.15) is 11.9 Å². The van der Waals surface area contributed by atoms with E-state index in [2.05, 4.69) is 26.0 Å². The molecule has 0 bridgehead atoms. The zero-order valence-electron chi connectivity index (χ0n) is 13.7. The molecule has 3 heteroatoms. The molecule has 3 nitrogen and oxygen atoms in total. The molecule has 0 N–H and O–H groups in total. The first kappa shape index (κ1) is 14.7. The first-order valence-electron chi connectivity index (χ1n) is 8.66. The van der Waals surface area contributed by atoms with Crippen molar-refractivity contribution >= 4 is 11.6 Å². The monoisotopic (exact) mass is 310 g/mol. The first-order chi connectivity index (χ1) is 11.1. The van der Waals surface area contributed by atoms with E-state index in [1.54, 1.807) is 0 Å². The van der Waals surface area contributed by atoms with Crippen LogP contribution in [0.1, 0.15) is 46.0 Å². The third kappa shape index (κ3) is 2.25. The van der Waals surface area contributed by atoms with Crippen LogP contribution in [0.4, 0.5) is 0 Å². The van der Waals surface area contributed by atoms with Gasteiger partial charge in [-0.15, -0.1) is 0 Å². The van der Waals surface area contributed by atoms with Crippen LogP contribution in [0.3, 0.4) is 0 Å². The summed E-state index contributed by atoms with van der Waals surface area (Å²) in [4.78, 5) is 24.8. The quantitative estimate of drug-likeness (QED) is 0.546. The van der Waals surface area contributed by atoms with Gasteiger partial charge >= 0.3 is 0 Å². The number of hydrogen-bond acceptors (Lipinski definition) is 3. The Morgan fingerprint density at radius 1 is 1.09 bits per heavy atom. The molecule has 0 saturated carbocycles. The Morgan fingerprint density at radius 3 is 2.57 bits per heavy atom. The van der Waals surface area contributed by atoms with Crippen LogP contribution >= 0.6 is 0 Å². The normalized spacial score (nSPS) is 30.0. The topological polar surface area (TPSA) is 43.4 Å². The molecule has 0 aromatic heterocycles. The smallest absolute Gasteiger partial charge is 0.233 e. The fourth-order valence-electron chi connectivity index (χ4n) is 4.12. The van der Waals surface area contributed by atoms with Crippen LogP contribution in [0.2, 0.25) is 0 Å². The molecule has 120 valence electrons. The summed E-state index contributed by atoms with van der Waals surface area (Å²) in [7, 11) is 0. The van der Waals surface area contributed by atoms with Gasteiger partial charge in [0.2, 0.25) is 11.6 Å². The van der Waals surface area contributed by atoms with Crippen LogP contribution < -0.4 is 0 Å². The van der Waals surface area contributed by atoms with Gasteiger partial charge < -0.3 is 4.74 Å². The minimum Gasteiger partial charge on any atom is -0.485 e. The summed E-state index contributed by atoms with van der Waals surface area (Å²) >= 11 is 0. The number of allylic oxidation sites excluding steroid dienone is 5. The Labute approximate surface area is 136 Å². The van der Waals surface area contributed by atoms with E-state index in [0.29, 0.717) is 35.2 Å². The SMILES string of the molecule is CC(C)C1=CC2OC3=C(CC2CC1)C(=O)C(=O)C1=CCCC=C13. The number of ketones is 2. The lowest BCUT2D eigenvalue weighted by Crippen LogP contribution is -2.38. The van der Waals surface area contributed by atoms with Crippen molar-refractivity contribution in [1.82, 2.24) is 0 Å². The van der Waals surface area contributed by atoms with Gasteiger partial charge in [0, 0.05) is 22.6 Å². The van der Waals surface area contributed by atoms with E-state index in [1.165, 1.54) is 5.57 Å². The number of hydrogen-bond donors (Lipinski definition) is 0. The molecule has 0 saturated heterocycles. The Kier molecular flexibility index (Phi) is 3.40. The zero-order valence-corrected chi connectivity index (χ0v) is 13.7. The molecular formula is C20H22O3. The summed E-state index contributed by atoms with van der Waals surface area (Å²) in [6.07, 6.45) is 10.8. The molecule has 4 aliphatic rings. The van der Waals surface area contributed by atoms with Gasteiger partial charge in [-0.2, -0.15) is 0 Å². The zero-order chi connectivity index (χ0) is 16.1. The number of carbonyl (C=O) groups is 2. The van der Waals surface area contributed by atoms with Gasteiger partial charge in [-0.25, -0.2) is 0 Å². The summed E-state index contributed by atoms with van der Waals surface area (Å²) in [5.41, 5.74) is 3.48. The number of ether oxygens (including phenoxy) is 1. The van der Waals surface area contributed by atoms with Crippen molar-refractivity contribution in [2.75, 3.05) is 0 Å². The highest BCUT2D eigenvalue weighted by atomic mass is 16.5. The largest absolute Gasteiger partial charge is 0.485 e. The van der Waals surface area contributed by atoms with Gasteiger partial charge in [0.15, 0.2) is 0 Å². The third-order valence-electron chi connectivity index (χ3n) is 5.51. The summed E-state index contributed by atoms with van der Waals surface area (Å²) in [6, 6.07) is 0. The molecule has 4 rings (SSSR count). The van der Waals surface area contributed by atoms with Crippen LogP contribution in [-0.4, -0.2) is 17.7 Å². The number of carbonyl (C=O) groups excluding carboxylic acids is 2. The molecular weight excluding hydrogens is 288 g/mol. The molecule has 0 spiro atoms. The van der Waals surface area contributed by atoms with Crippen molar-refractivity contribution < 1.29 is 14.3 Å². The van der Waals surface area contributed by atoms with E-state index in [0.717, 1.165) is 31.3 Å². The molecule has 23 heavy (non-hydrogen) atoms. The fraction of sp³-hybridized carbons (Fsp3) is 0.500. The number of rotatable bonds is 1. The lowest BCUT2D eigenvalue weighted by atomic mass is 9.74. The van der Waals surface area contributed by atoms with Crippen molar-refractivity contribution in [3.8, 4) is 0 Å². The molecule has 0 radical (unpaired) electrons. The lowest BCUT2D eigenvalue weighted by molar-refractivity contribution is -0.133. The van der Waals surface area contributed by atoms with Crippen molar-refractivity contribution in [3.05, 3.63) is 46.3 Å². The van der Waals surface area contributed by atoms with E-state index in [4.69, 9.17) is 4.74 Å². The van der Waals surface area contributed by atoms with Crippen molar-refractivity contribution in [2.45, 2.75) is 52.1 Å². The van der Waals surface area contributed by atoms with Gasteiger partial charge in [0.05, 0.1) is 0 Å². The van der Waals surface area contributed by atoms with Gasteiger partial charge in [-0.1, -0.05) is 31.6 Å². The Morgan fingerprint density at radius 2 is 1.83 bits per heavy atom. The molecule has 0 aromatic carbocycles. The minimum absolute atomic E-state index is 0.0463. The predicted octanol–water partition coefficient (Wildman–Crippen LogP) is 3.82. The van der Waals surface area contributed by atoms with Crippen LogP contribution in [0.5, 0.6) is 0 Å². The van der Waals surface area contributed by atoms with Crippen molar-refractivity contribution in [1.29, 1.82) is 0 Å². The predicted molar refractivity (Wildman–Crippen MR) is 87.6 cm³/mol. The highest BCUT2D eigenvalue weighted by Gasteiger charge is 2.43. The second-order valence-electron chi connectivity index (χ2n) is 7.26. The summed E-state index contributed by atoms with van der Waals surface area (Å²) in [6.45, 7) is 4.43. The summed E-state index contributed by atoms with van der Waals surface area (Å²) in [5, 5.41) is 0. The molecule has 2 atom stereocenters. The van der Waals surface area contributed by atoms with E-state index >= 15 is 0 Å². The molecule has 1 heterocycles. The van der Waals surface area contributed by atoms with Crippen LogP contribution in [-0.2, 0) is 14.3 Å². The standard InChI is InChI=1S/C20H22O3/c1-11(2)12-7-8-13-9-16-19(22)18(21)14-5-3-4-6-15(14)20(16)23-17(13)10-12/h5-6,10-11,13,17H,3-4,7-9H2,1-2H3. The Balaban J connectivity index is 1.75. The average molecular weight is 310 g/mol. The molecule has 1 aliphatic heterocycles. The molecule has 2 unspecified atom stereocenters. The summed E-state index contributed by atoms with van der Waals surface area (Å²) in [5.74, 6) is 0.855. The van der Waals surface area contributed by atoms with Gasteiger partial charge in [0.25, 0.3) is 0 Å². The maximum atomic E-state index is 12.5. The first-order valence-corrected chi connectivity index (χ1v) is 8.66. The Bertz CT molecular complexity index is 715. The van der Waals surface area contributed by atoms with E-state index < -0.39 is 0 Å². The van der Waals surface area contributed by atoms with Gasteiger partial charge in [-0.3, -0.25) is 9.59 Å². The third-order valence-corrected chi connectivity index (χ3v) is 5.51. The Hall–Kier alpha value is -1.90. The van der Waals surface area contributed by atoms with E-state index in [-0.39, 0.29) is 17.7 Å². The molecule has 0 aromatic rings. The average Bonchev–Trinajstić information content (AvgIpc) is 2.58. The molecule has 0 amide bonds. The second kappa shape index (κ2) is 5.33. The van der Waals surface area contributed by atoms with Crippen LogP contribution in [0.15, 0.2) is 46.3 Å². The van der Waals surface area contributed by atoms with E-state index in [1.807, 2.05) is 6.08 Å². The minimum atomic E-state index is -0.345. The van der Waals surface area contributed by atoms with E-state index in [9.17, 15) is 9.59 Å².